The highest BCUT2D eigenvalue weighted by Gasteiger charge is 2.05. The normalized spacial score (nSPS) is 10.3. The maximum absolute atomic E-state index is 11.7. The molecular weight excluding hydrogens is 142 g/mol. The predicted molar refractivity (Wildman–Crippen MR) is 28.9 cm³/mol. The van der Waals surface area contributed by atoms with Crippen molar-refractivity contribution in [1.82, 2.24) is 9.78 Å². The number of hydrogen-bond acceptors (Lipinski definition) is 2. The van der Waals surface area contributed by atoms with Crippen molar-refractivity contribution in [3.05, 3.63) is 18.0 Å². The van der Waals surface area contributed by atoms with Gasteiger partial charge in [0.1, 0.15) is 0 Å². The van der Waals surface area contributed by atoms with E-state index in [1.165, 1.54) is 0 Å². The van der Waals surface area contributed by atoms with Crippen molar-refractivity contribution in [2.24, 2.45) is 0 Å². The van der Waals surface area contributed by atoms with Crippen LogP contribution in [0, 0.1) is 0 Å². The zero-order chi connectivity index (χ0) is 7.56. The maximum atomic E-state index is 11.7. The Labute approximate surface area is 55.3 Å². The largest absolute Gasteiger partial charge is 0.333 e. The molecule has 0 bridgehead atoms. The van der Waals surface area contributed by atoms with Crippen molar-refractivity contribution in [2.75, 3.05) is 0 Å². The molecule has 10 heavy (non-hydrogen) atoms. The van der Waals surface area contributed by atoms with Crippen LogP contribution < -0.4 is 0 Å². The van der Waals surface area contributed by atoms with E-state index in [4.69, 9.17) is 0 Å². The van der Waals surface area contributed by atoms with E-state index in [2.05, 4.69) is 5.10 Å². The fourth-order valence-corrected chi connectivity index (χ4v) is 0.520. The quantitative estimate of drug-likeness (QED) is 0.585. The van der Waals surface area contributed by atoms with Gasteiger partial charge in [-0.25, -0.2) is 4.68 Å². The summed E-state index contributed by atoms with van der Waals surface area (Å²) in [5, 5.41) is 3.22. The predicted octanol–water partition coefficient (Wildman–Crippen LogP) is 1.09. The summed E-state index contributed by atoms with van der Waals surface area (Å²) in [6.45, 7) is -2.67. The molecular formula is C5H4F2N2O. The summed E-state index contributed by atoms with van der Waals surface area (Å²) in [5.74, 6) is 0. The van der Waals surface area contributed by atoms with E-state index in [1.807, 2.05) is 0 Å². The summed E-state index contributed by atoms with van der Waals surface area (Å²) in [4.78, 5) is 9.94. The van der Waals surface area contributed by atoms with Crippen molar-refractivity contribution >= 4 is 6.29 Å². The second-order valence-corrected chi connectivity index (χ2v) is 1.65. The number of hydrogen-bond donors (Lipinski definition) is 0. The van der Waals surface area contributed by atoms with Crippen LogP contribution in [0.5, 0.6) is 0 Å². The molecule has 0 aromatic carbocycles. The molecule has 0 spiro atoms. The summed E-state index contributed by atoms with van der Waals surface area (Å²) in [5.41, 5.74) is 0.153. The van der Waals surface area contributed by atoms with E-state index in [0.29, 0.717) is 11.0 Å². The Morgan fingerprint density at radius 1 is 1.70 bits per heavy atom. The number of rotatable bonds is 2. The summed E-state index contributed by atoms with van der Waals surface area (Å²) in [6.07, 6.45) is 2.53. The summed E-state index contributed by atoms with van der Waals surface area (Å²) >= 11 is 0. The average Bonchev–Trinajstić information content (AvgIpc) is 2.34. The Kier molecular flexibility index (Phi) is 1.75. The highest BCUT2D eigenvalue weighted by Crippen LogP contribution is 2.07. The third-order valence-electron chi connectivity index (χ3n) is 0.958. The maximum Gasteiger partial charge on any atom is 0.333 e. The Bertz CT molecular complexity index is 233. The van der Waals surface area contributed by atoms with Crippen LogP contribution in [0.15, 0.2) is 12.4 Å². The molecule has 0 radical (unpaired) electrons. The van der Waals surface area contributed by atoms with Gasteiger partial charge in [0.25, 0.3) is 0 Å². The molecule has 3 nitrogen and oxygen atoms in total. The monoisotopic (exact) mass is 146 g/mol. The van der Waals surface area contributed by atoms with Gasteiger partial charge >= 0.3 is 6.55 Å². The molecule has 1 rings (SSSR count). The molecule has 0 aliphatic carbocycles. The number of aldehydes is 1. The standard InChI is InChI=1S/C5H4F2N2O/c6-5(7)9-2-4(3-10)1-8-9/h1-3,5H. The number of nitrogens with zero attached hydrogens (tertiary/aromatic N) is 2. The van der Waals surface area contributed by atoms with Gasteiger partial charge < -0.3 is 0 Å². The van der Waals surface area contributed by atoms with E-state index in [1.54, 1.807) is 0 Å². The van der Waals surface area contributed by atoms with Crippen LogP contribution in [0.25, 0.3) is 0 Å². The topological polar surface area (TPSA) is 34.9 Å². The van der Waals surface area contributed by atoms with E-state index in [-0.39, 0.29) is 5.56 Å². The van der Waals surface area contributed by atoms with Crippen LogP contribution in [-0.2, 0) is 0 Å². The third kappa shape index (κ3) is 1.18. The van der Waals surface area contributed by atoms with Crippen molar-refractivity contribution in [2.45, 2.75) is 6.55 Å². The number of alkyl halides is 2. The number of halogens is 2. The second-order valence-electron chi connectivity index (χ2n) is 1.65. The van der Waals surface area contributed by atoms with Gasteiger partial charge in [-0.2, -0.15) is 13.9 Å². The molecule has 1 heterocycles. The van der Waals surface area contributed by atoms with Crippen LogP contribution in [-0.4, -0.2) is 16.1 Å². The molecule has 0 amide bonds. The van der Waals surface area contributed by atoms with Crippen molar-refractivity contribution in [3.63, 3.8) is 0 Å². The minimum atomic E-state index is -2.67. The lowest BCUT2D eigenvalue weighted by Crippen LogP contribution is -1.96. The Morgan fingerprint density at radius 3 is 2.70 bits per heavy atom. The van der Waals surface area contributed by atoms with E-state index in [9.17, 15) is 13.6 Å². The van der Waals surface area contributed by atoms with Gasteiger partial charge in [0.15, 0.2) is 6.29 Å². The lowest BCUT2D eigenvalue weighted by molar-refractivity contribution is 0.0565. The molecule has 1 aromatic rings. The van der Waals surface area contributed by atoms with Crippen molar-refractivity contribution in [3.8, 4) is 0 Å². The van der Waals surface area contributed by atoms with Crippen molar-refractivity contribution in [1.29, 1.82) is 0 Å². The zero-order valence-electron chi connectivity index (χ0n) is 4.87. The lowest BCUT2D eigenvalue weighted by atomic mass is 10.4. The summed E-state index contributed by atoms with van der Waals surface area (Å²) in [7, 11) is 0. The van der Waals surface area contributed by atoms with E-state index < -0.39 is 6.55 Å². The first-order valence-electron chi connectivity index (χ1n) is 2.51. The Morgan fingerprint density at radius 2 is 2.40 bits per heavy atom. The minimum Gasteiger partial charge on any atom is -0.298 e. The fraction of sp³-hybridized carbons (Fsp3) is 0.200. The van der Waals surface area contributed by atoms with Crippen molar-refractivity contribution < 1.29 is 13.6 Å². The molecule has 5 heteroatoms. The van der Waals surface area contributed by atoms with Gasteiger partial charge in [0, 0.05) is 6.20 Å². The fourth-order valence-electron chi connectivity index (χ4n) is 0.520. The average molecular weight is 146 g/mol. The van der Waals surface area contributed by atoms with Crippen LogP contribution >= 0.6 is 0 Å². The van der Waals surface area contributed by atoms with Crippen LogP contribution in [0.1, 0.15) is 16.9 Å². The van der Waals surface area contributed by atoms with E-state index >= 15 is 0 Å². The number of carbonyl (C=O) groups is 1. The zero-order valence-corrected chi connectivity index (χ0v) is 4.87. The van der Waals surface area contributed by atoms with Gasteiger partial charge in [-0.3, -0.25) is 4.79 Å². The first-order chi connectivity index (χ1) is 4.74. The summed E-state index contributed by atoms with van der Waals surface area (Å²) in [6, 6.07) is 0. The molecule has 0 atom stereocenters. The molecule has 0 saturated heterocycles. The Hall–Kier alpha value is -1.26. The first-order valence-corrected chi connectivity index (χ1v) is 2.51. The SMILES string of the molecule is O=Cc1cnn(C(F)F)c1. The van der Waals surface area contributed by atoms with Gasteiger partial charge in [0.2, 0.25) is 0 Å². The van der Waals surface area contributed by atoms with E-state index in [0.717, 1.165) is 12.4 Å². The number of aromatic nitrogens is 2. The number of carbonyl (C=O) groups excluding carboxylic acids is 1. The molecule has 1 aromatic heterocycles. The van der Waals surface area contributed by atoms with Gasteiger partial charge in [-0.15, -0.1) is 0 Å². The molecule has 0 fully saturated rings. The van der Waals surface area contributed by atoms with Crippen LogP contribution in [0.4, 0.5) is 8.78 Å². The minimum absolute atomic E-state index is 0.153. The van der Waals surface area contributed by atoms with Gasteiger partial charge in [0.05, 0.1) is 11.8 Å². The summed E-state index contributed by atoms with van der Waals surface area (Å²) < 4.78 is 23.8. The molecule has 0 saturated carbocycles. The highest BCUT2D eigenvalue weighted by molar-refractivity contribution is 5.73. The molecule has 0 unspecified atom stereocenters. The molecule has 0 N–H and O–H groups in total. The van der Waals surface area contributed by atoms with Crippen LogP contribution in [0.2, 0.25) is 0 Å². The third-order valence-corrected chi connectivity index (χ3v) is 0.958. The Balaban J connectivity index is 2.88. The molecule has 54 valence electrons. The molecule has 0 aliphatic rings. The van der Waals surface area contributed by atoms with Crippen LogP contribution in [0.3, 0.4) is 0 Å². The lowest BCUT2D eigenvalue weighted by Gasteiger charge is -1.93. The molecule has 0 aliphatic heterocycles. The smallest absolute Gasteiger partial charge is 0.298 e. The van der Waals surface area contributed by atoms with Gasteiger partial charge in [-0.05, 0) is 0 Å². The first kappa shape index (κ1) is 6.85. The highest BCUT2D eigenvalue weighted by atomic mass is 19.3. The second kappa shape index (κ2) is 2.55. The van der Waals surface area contributed by atoms with Gasteiger partial charge in [-0.1, -0.05) is 0 Å².